The van der Waals surface area contributed by atoms with E-state index in [2.05, 4.69) is 15.9 Å². The smallest absolute Gasteiger partial charge is 0.527 e. The molecule has 1 aromatic carbocycles. The van der Waals surface area contributed by atoms with Gasteiger partial charge in [0.2, 0.25) is 0 Å². The van der Waals surface area contributed by atoms with Crippen molar-refractivity contribution in [2.75, 3.05) is 0 Å². The Morgan fingerprint density at radius 2 is 2.36 bits per heavy atom. The molecule has 0 aliphatic carbocycles. The van der Waals surface area contributed by atoms with E-state index >= 15 is 0 Å². The van der Waals surface area contributed by atoms with E-state index in [4.69, 9.17) is 9.68 Å². The van der Waals surface area contributed by atoms with Gasteiger partial charge in [0.25, 0.3) is 0 Å². The van der Waals surface area contributed by atoms with Crippen molar-refractivity contribution in [1.29, 1.82) is 0 Å². The zero-order valence-electron chi connectivity index (χ0n) is 5.75. The molecule has 0 saturated carbocycles. The summed E-state index contributed by atoms with van der Waals surface area (Å²) in [5.41, 5.74) is 1.07. The zero-order valence-corrected chi connectivity index (χ0v) is 7.34. The average Bonchev–Trinajstić information content (AvgIpc) is 2.27. The van der Waals surface area contributed by atoms with E-state index in [0.717, 1.165) is 15.8 Å². The lowest BCUT2D eigenvalue weighted by atomic mass is 9.85. The SMILES string of the molecule is OB1Cc2ccc(Br)cc2O1. The van der Waals surface area contributed by atoms with Crippen LogP contribution in [0.1, 0.15) is 5.56 Å². The molecule has 0 atom stereocenters. The number of benzene rings is 1. The van der Waals surface area contributed by atoms with Crippen molar-refractivity contribution in [3.05, 3.63) is 28.2 Å². The van der Waals surface area contributed by atoms with E-state index in [1.807, 2.05) is 18.2 Å². The minimum atomic E-state index is -0.653. The van der Waals surface area contributed by atoms with E-state index in [0.29, 0.717) is 6.32 Å². The third-order valence-electron chi connectivity index (χ3n) is 1.69. The summed E-state index contributed by atoms with van der Waals surface area (Å²) in [6, 6.07) is 5.77. The Morgan fingerprint density at radius 3 is 3.18 bits per heavy atom. The molecule has 1 aromatic rings. The van der Waals surface area contributed by atoms with Crippen LogP contribution >= 0.6 is 15.9 Å². The molecule has 4 heteroatoms. The van der Waals surface area contributed by atoms with Crippen LogP contribution < -0.4 is 4.65 Å². The van der Waals surface area contributed by atoms with Crippen LogP contribution in [0.5, 0.6) is 5.75 Å². The molecule has 0 saturated heterocycles. The summed E-state index contributed by atoms with van der Waals surface area (Å²) in [6.07, 6.45) is 0.600. The number of fused-ring (bicyclic) bond motifs is 1. The van der Waals surface area contributed by atoms with Crippen molar-refractivity contribution >= 4 is 23.0 Å². The molecule has 11 heavy (non-hydrogen) atoms. The summed E-state index contributed by atoms with van der Waals surface area (Å²) in [5.74, 6) is 0.784. The van der Waals surface area contributed by atoms with Crippen molar-refractivity contribution in [2.24, 2.45) is 0 Å². The first-order chi connectivity index (χ1) is 5.25. The van der Waals surface area contributed by atoms with Crippen LogP contribution in [0.25, 0.3) is 0 Å². The van der Waals surface area contributed by atoms with Gasteiger partial charge in [0.05, 0.1) is 0 Å². The summed E-state index contributed by atoms with van der Waals surface area (Å²) in [5, 5.41) is 9.10. The van der Waals surface area contributed by atoms with Crippen LogP contribution in [0.15, 0.2) is 22.7 Å². The van der Waals surface area contributed by atoms with Crippen molar-refractivity contribution in [1.82, 2.24) is 0 Å². The second-order valence-electron chi connectivity index (χ2n) is 2.53. The fourth-order valence-corrected chi connectivity index (χ4v) is 1.52. The van der Waals surface area contributed by atoms with E-state index < -0.39 is 7.12 Å². The lowest BCUT2D eigenvalue weighted by Gasteiger charge is -1.99. The van der Waals surface area contributed by atoms with Gasteiger partial charge in [-0.15, -0.1) is 0 Å². The number of hydrogen-bond acceptors (Lipinski definition) is 2. The monoisotopic (exact) mass is 212 g/mol. The third-order valence-corrected chi connectivity index (χ3v) is 2.18. The number of rotatable bonds is 0. The molecule has 0 amide bonds. The maximum absolute atomic E-state index is 9.10. The zero-order chi connectivity index (χ0) is 7.84. The first-order valence-corrected chi connectivity index (χ1v) is 4.18. The van der Waals surface area contributed by atoms with Crippen LogP contribution in [0.2, 0.25) is 0 Å². The second-order valence-corrected chi connectivity index (χ2v) is 3.44. The molecule has 0 aromatic heterocycles. The maximum Gasteiger partial charge on any atom is 0.527 e. The molecule has 1 heterocycles. The molecule has 0 unspecified atom stereocenters. The maximum atomic E-state index is 9.10. The number of halogens is 1. The molecule has 1 aliphatic rings. The summed E-state index contributed by atoms with van der Waals surface area (Å²) in [4.78, 5) is 0. The highest BCUT2D eigenvalue weighted by Crippen LogP contribution is 2.29. The molecule has 0 fully saturated rings. The molecule has 2 nitrogen and oxygen atoms in total. The molecular formula is C7H6BBrO2. The van der Waals surface area contributed by atoms with Crippen LogP contribution in [0, 0.1) is 0 Å². The molecule has 0 bridgehead atoms. The predicted molar refractivity (Wildman–Crippen MR) is 46.4 cm³/mol. The summed E-state index contributed by atoms with van der Waals surface area (Å²) >= 11 is 3.32. The summed E-state index contributed by atoms with van der Waals surface area (Å²) in [7, 11) is -0.653. The minimum absolute atomic E-state index is 0.600. The third kappa shape index (κ3) is 1.28. The Morgan fingerprint density at radius 1 is 1.55 bits per heavy atom. The van der Waals surface area contributed by atoms with Crippen LogP contribution in [0.4, 0.5) is 0 Å². The van der Waals surface area contributed by atoms with Gasteiger partial charge in [-0.05, 0) is 17.7 Å². The lowest BCUT2D eigenvalue weighted by Crippen LogP contribution is -2.17. The minimum Gasteiger partial charge on any atom is -0.536 e. The summed E-state index contributed by atoms with van der Waals surface area (Å²) < 4.78 is 6.09. The number of hydrogen-bond donors (Lipinski definition) is 1. The van der Waals surface area contributed by atoms with Gasteiger partial charge in [-0.1, -0.05) is 22.0 Å². The molecule has 0 radical (unpaired) electrons. The first kappa shape index (κ1) is 7.19. The fraction of sp³-hybridized carbons (Fsp3) is 0.143. The van der Waals surface area contributed by atoms with E-state index in [9.17, 15) is 0 Å². The highest BCUT2D eigenvalue weighted by Gasteiger charge is 2.26. The highest BCUT2D eigenvalue weighted by atomic mass is 79.9. The van der Waals surface area contributed by atoms with Crippen molar-refractivity contribution < 1.29 is 9.68 Å². The van der Waals surface area contributed by atoms with E-state index in [1.54, 1.807) is 0 Å². The van der Waals surface area contributed by atoms with Crippen LogP contribution in [-0.2, 0) is 6.32 Å². The van der Waals surface area contributed by atoms with E-state index in [1.165, 1.54) is 0 Å². The molecular weight excluding hydrogens is 207 g/mol. The first-order valence-electron chi connectivity index (χ1n) is 3.39. The standard InChI is InChI=1S/C7H6BBrO2/c9-6-2-1-5-4-8(10)11-7(5)3-6/h1-3,10H,4H2. The predicted octanol–water partition coefficient (Wildman–Crippen LogP) is 1.40. The Balaban J connectivity index is 2.43. The van der Waals surface area contributed by atoms with E-state index in [-0.39, 0.29) is 0 Å². The molecule has 0 spiro atoms. The average molecular weight is 213 g/mol. The van der Waals surface area contributed by atoms with Crippen molar-refractivity contribution in [2.45, 2.75) is 6.32 Å². The molecule has 2 rings (SSSR count). The van der Waals surface area contributed by atoms with Crippen molar-refractivity contribution in [3.8, 4) is 5.75 Å². The highest BCUT2D eigenvalue weighted by molar-refractivity contribution is 9.10. The van der Waals surface area contributed by atoms with Crippen LogP contribution in [0.3, 0.4) is 0 Å². The Hall–Kier alpha value is -0.475. The molecule has 56 valence electrons. The Bertz CT molecular complexity index is 290. The van der Waals surface area contributed by atoms with Crippen LogP contribution in [-0.4, -0.2) is 12.1 Å². The van der Waals surface area contributed by atoms with Gasteiger partial charge in [-0.2, -0.15) is 0 Å². The van der Waals surface area contributed by atoms with Gasteiger partial charge in [0, 0.05) is 10.8 Å². The summed E-state index contributed by atoms with van der Waals surface area (Å²) in [6.45, 7) is 0. The van der Waals surface area contributed by atoms with Gasteiger partial charge in [-0.25, -0.2) is 0 Å². The largest absolute Gasteiger partial charge is 0.536 e. The van der Waals surface area contributed by atoms with Gasteiger partial charge in [0.15, 0.2) is 0 Å². The normalized spacial score (nSPS) is 14.5. The Labute approximate surface area is 73.5 Å². The second kappa shape index (κ2) is 2.53. The molecule has 1 N–H and O–H groups in total. The van der Waals surface area contributed by atoms with Gasteiger partial charge in [0.1, 0.15) is 5.75 Å². The Kier molecular flexibility index (Phi) is 1.66. The quantitative estimate of drug-likeness (QED) is 0.660. The van der Waals surface area contributed by atoms with Gasteiger partial charge < -0.3 is 9.68 Å². The van der Waals surface area contributed by atoms with Crippen molar-refractivity contribution in [3.63, 3.8) is 0 Å². The molecule has 1 aliphatic heterocycles. The van der Waals surface area contributed by atoms with Gasteiger partial charge in [-0.3, -0.25) is 0 Å². The lowest BCUT2D eigenvalue weighted by molar-refractivity contribution is 0.431. The van der Waals surface area contributed by atoms with Gasteiger partial charge >= 0.3 is 7.12 Å². The topological polar surface area (TPSA) is 29.5 Å². The fourth-order valence-electron chi connectivity index (χ4n) is 1.18.